The van der Waals surface area contributed by atoms with E-state index in [4.69, 9.17) is 0 Å². The first-order valence-electron chi connectivity index (χ1n) is 8.58. The van der Waals surface area contributed by atoms with Gasteiger partial charge in [0.2, 0.25) is 5.91 Å². The SMILES string of the molecule is CC(C)(C(=O)N[C@@H]1CCC[C@@H](N2CCCC2)[C@@H]1O)n1cncn1. The maximum absolute atomic E-state index is 12.7. The highest BCUT2D eigenvalue weighted by Gasteiger charge is 2.39. The Kier molecular flexibility index (Phi) is 4.68. The van der Waals surface area contributed by atoms with Gasteiger partial charge in [0.05, 0.1) is 12.1 Å². The average molecular weight is 321 g/mol. The van der Waals surface area contributed by atoms with Gasteiger partial charge in [0.1, 0.15) is 18.2 Å². The Morgan fingerprint density at radius 2 is 2.00 bits per heavy atom. The van der Waals surface area contributed by atoms with Gasteiger partial charge in [-0.2, -0.15) is 5.10 Å². The van der Waals surface area contributed by atoms with E-state index in [1.165, 1.54) is 19.2 Å². The van der Waals surface area contributed by atoms with E-state index in [-0.39, 0.29) is 18.0 Å². The van der Waals surface area contributed by atoms with Crippen LogP contribution in [0.3, 0.4) is 0 Å². The molecule has 1 aliphatic heterocycles. The Morgan fingerprint density at radius 1 is 1.26 bits per heavy atom. The van der Waals surface area contributed by atoms with Crippen molar-refractivity contribution >= 4 is 5.91 Å². The Balaban J connectivity index is 1.65. The second-order valence-electron chi connectivity index (χ2n) is 7.21. The van der Waals surface area contributed by atoms with E-state index in [0.29, 0.717) is 0 Å². The van der Waals surface area contributed by atoms with Crippen molar-refractivity contribution in [2.24, 2.45) is 0 Å². The van der Waals surface area contributed by atoms with Crippen molar-refractivity contribution in [3.05, 3.63) is 12.7 Å². The van der Waals surface area contributed by atoms with Crippen LogP contribution >= 0.6 is 0 Å². The zero-order valence-corrected chi connectivity index (χ0v) is 14.0. The molecule has 7 heteroatoms. The second kappa shape index (κ2) is 6.57. The summed E-state index contributed by atoms with van der Waals surface area (Å²) in [6, 6.07) is -0.0179. The second-order valence-corrected chi connectivity index (χ2v) is 7.21. The molecule has 128 valence electrons. The van der Waals surface area contributed by atoms with E-state index in [0.717, 1.165) is 32.4 Å². The molecule has 2 aliphatic rings. The van der Waals surface area contributed by atoms with Crippen LogP contribution < -0.4 is 5.32 Å². The van der Waals surface area contributed by atoms with E-state index >= 15 is 0 Å². The fourth-order valence-corrected chi connectivity index (χ4v) is 3.73. The van der Waals surface area contributed by atoms with Crippen LogP contribution in [0.1, 0.15) is 46.0 Å². The number of hydrogen-bond donors (Lipinski definition) is 2. The summed E-state index contributed by atoms with van der Waals surface area (Å²) in [5, 5.41) is 17.9. The number of likely N-dealkylation sites (tertiary alicyclic amines) is 1. The predicted octanol–water partition coefficient (Wildman–Crippen LogP) is 0.507. The summed E-state index contributed by atoms with van der Waals surface area (Å²) in [5.41, 5.74) is -0.823. The smallest absolute Gasteiger partial charge is 0.247 e. The molecule has 1 aliphatic carbocycles. The van der Waals surface area contributed by atoms with E-state index < -0.39 is 11.6 Å². The van der Waals surface area contributed by atoms with Gasteiger partial charge >= 0.3 is 0 Å². The first kappa shape index (κ1) is 16.4. The third-order valence-electron chi connectivity index (χ3n) is 5.29. The molecule has 0 bridgehead atoms. The summed E-state index contributed by atoms with van der Waals surface area (Å²) < 4.78 is 1.55. The molecule has 23 heavy (non-hydrogen) atoms. The first-order chi connectivity index (χ1) is 11.0. The van der Waals surface area contributed by atoms with Gasteiger partial charge in [-0.05, 0) is 59.0 Å². The Hall–Kier alpha value is -1.47. The van der Waals surface area contributed by atoms with E-state index in [1.54, 1.807) is 11.0 Å². The zero-order valence-electron chi connectivity index (χ0n) is 14.0. The van der Waals surface area contributed by atoms with Crippen LogP contribution in [-0.2, 0) is 10.3 Å². The number of aromatic nitrogens is 3. The van der Waals surface area contributed by atoms with Crippen molar-refractivity contribution in [1.82, 2.24) is 25.0 Å². The van der Waals surface area contributed by atoms with Crippen molar-refractivity contribution < 1.29 is 9.90 Å². The Morgan fingerprint density at radius 3 is 2.65 bits per heavy atom. The predicted molar refractivity (Wildman–Crippen MR) is 85.7 cm³/mol. The number of carbonyl (C=O) groups excluding carboxylic acids is 1. The van der Waals surface area contributed by atoms with E-state index in [9.17, 15) is 9.90 Å². The highest BCUT2D eigenvalue weighted by atomic mass is 16.3. The molecule has 2 fully saturated rings. The number of nitrogens with one attached hydrogen (secondary N) is 1. The lowest BCUT2D eigenvalue weighted by atomic mass is 9.86. The highest BCUT2D eigenvalue weighted by Crippen LogP contribution is 2.27. The highest BCUT2D eigenvalue weighted by molar-refractivity contribution is 5.83. The lowest BCUT2D eigenvalue weighted by molar-refractivity contribution is -0.131. The molecule has 7 nitrogen and oxygen atoms in total. The molecule has 1 saturated heterocycles. The minimum absolute atomic E-state index is 0.130. The van der Waals surface area contributed by atoms with Crippen molar-refractivity contribution in [1.29, 1.82) is 0 Å². The molecule has 3 atom stereocenters. The molecule has 3 rings (SSSR count). The molecule has 0 radical (unpaired) electrons. The number of carbonyl (C=O) groups is 1. The van der Waals surface area contributed by atoms with Gasteiger partial charge in [-0.1, -0.05) is 0 Å². The monoisotopic (exact) mass is 321 g/mol. The van der Waals surface area contributed by atoms with Gasteiger partial charge in [-0.25, -0.2) is 9.67 Å². The molecule has 1 saturated carbocycles. The first-order valence-corrected chi connectivity index (χ1v) is 8.58. The van der Waals surface area contributed by atoms with Crippen LogP contribution in [0.15, 0.2) is 12.7 Å². The largest absolute Gasteiger partial charge is 0.389 e. The fourth-order valence-electron chi connectivity index (χ4n) is 3.73. The maximum atomic E-state index is 12.7. The zero-order chi connectivity index (χ0) is 16.4. The standard InChI is InChI=1S/C16H27N5O2/c1-16(2,21-11-17-10-18-21)15(23)19-12-6-5-7-13(14(12)22)20-8-3-4-9-20/h10-14,22H,3-9H2,1-2H3,(H,19,23)/t12-,13-,14-/m1/s1. The number of rotatable bonds is 4. The van der Waals surface area contributed by atoms with E-state index in [2.05, 4.69) is 20.3 Å². The van der Waals surface area contributed by atoms with Gasteiger partial charge in [0.25, 0.3) is 0 Å². The number of aliphatic hydroxyl groups excluding tert-OH is 1. The van der Waals surface area contributed by atoms with Gasteiger partial charge in [0, 0.05) is 6.04 Å². The summed E-state index contributed by atoms with van der Waals surface area (Å²) in [6.45, 7) is 5.74. The third kappa shape index (κ3) is 3.26. The molecule has 2 N–H and O–H groups in total. The summed E-state index contributed by atoms with van der Waals surface area (Å²) in [7, 11) is 0. The summed E-state index contributed by atoms with van der Waals surface area (Å²) >= 11 is 0. The summed E-state index contributed by atoms with van der Waals surface area (Å²) in [6.07, 6.45) is 7.76. The molecular formula is C16H27N5O2. The molecule has 1 amide bonds. The quantitative estimate of drug-likeness (QED) is 0.844. The molecule has 0 aromatic carbocycles. The van der Waals surface area contributed by atoms with Crippen molar-refractivity contribution in [2.45, 2.75) is 69.7 Å². The fraction of sp³-hybridized carbons (Fsp3) is 0.812. The normalized spacial score (nSPS) is 29.6. The van der Waals surface area contributed by atoms with Crippen molar-refractivity contribution in [3.63, 3.8) is 0 Å². The van der Waals surface area contributed by atoms with Gasteiger partial charge in [-0.15, -0.1) is 0 Å². The summed E-state index contributed by atoms with van der Waals surface area (Å²) in [5.74, 6) is -0.130. The van der Waals surface area contributed by atoms with Gasteiger partial charge in [0.15, 0.2) is 0 Å². The number of aliphatic hydroxyl groups is 1. The number of hydrogen-bond acceptors (Lipinski definition) is 5. The average Bonchev–Trinajstić information content (AvgIpc) is 3.22. The Bertz CT molecular complexity index is 525. The van der Waals surface area contributed by atoms with Crippen molar-refractivity contribution in [2.75, 3.05) is 13.1 Å². The molecule has 0 unspecified atom stereocenters. The minimum Gasteiger partial charge on any atom is -0.389 e. The lowest BCUT2D eigenvalue weighted by Crippen LogP contribution is -2.58. The lowest BCUT2D eigenvalue weighted by Gasteiger charge is -2.41. The number of nitrogens with zero attached hydrogens (tertiary/aromatic N) is 4. The molecule has 0 spiro atoms. The Labute approximate surface area is 137 Å². The maximum Gasteiger partial charge on any atom is 0.247 e. The number of amides is 1. The molecule has 1 aromatic heterocycles. The van der Waals surface area contributed by atoms with Crippen LogP contribution in [-0.4, -0.2) is 62.0 Å². The van der Waals surface area contributed by atoms with Crippen LogP contribution in [0.4, 0.5) is 0 Å². The van der Waals surface area contributed by atoms with Crippen LogP contribution in [0.2, 0.25) is 0 Å². The van der Waals surface area contributed by atoms with Crippen LogP contribution in [0, 0.1) is 0 Å². The molecule has 1 aromatic rings. The molecule has 2 heterocycles. The van der Waals surface area contributed by atoms with Gasteiger partial charge < -0.3 is 10.4 Å². The summed E-state index contributed by atoms with van der Waals surface area (Å²) in [4.78, 5) is 19.0. The van der Waals surface area contributed by atoms with Crippen molar-refractivity contribution in [3.8, 4) is 0 Å². The van der Waals surface area contributed by atoms with Crippen LogP contribution in [0.5, 0.6) is 0 Å². The minimum atomic E-state index is -0.823. The topological polar surface area (TPSA) is 83.3 Å². The third-order valence-corrected chi connectivity index (χ3v) is 5.29. The molecular weight excluding hydrogens is 294 g/mol. The van der Waals surface area contributed by atoms with Gasteiger partial charge in [-0.3, -0.25) is 9.69 Å². The van der Waals surface area contributed by atoms with Crippen LogP contribution in [0.25, 0.3) is 0 Å². The van der Waals surface area contributed by atoms with E-state index in [1.807, 2.05) is 13.8 Å².